The predicted octanol–water partition coefficient (Wildman–Crippen LogP) is 4.99. The lowest BCUT2D eigenvalue weighted by Gasteiger charge is -2.19. The van der Waals surface area contributed by atoms with Crippen molar-refractivity contribution in [2.24, 2.45) is 5.92 Å². The van der Waals surface area contributed by atoms with Crippen molar-refractivity contribution in [3.8, 4) is 0 Å². The maximum Gasteiger partial charge on any atom is 0.0518 e. The molecule has 0 aliphatic heterocycles. The van der Waals surface area contributed by atoms with Crippen LogP contribution in [0.4, 0.5) is 0 Å². The van der Waals surface area contributed by atoms with E-state index in [-0.39, 0.29) is 0 Å². The average Bonchev–Trinajstić information content (AvgIpc) is 2.53. The first kappa shape index (κ1) is 23.4. The van der Waals surface area contributed by atoms with Crippen molar-refractivity contribution in [2.75, 3.05) is 0 Å². The van der Waals surface area contributed by atoms with Gasteiger partial charge in [0, 0.05) is 11.9 Å². The smallest absolute Gasteiger partial charge is 0.0518 e. The van der Waals surface area contributed by atoms with Crippen LogP contribution in [0, 0.1) is 5.92 Å². The summed E-state index contributed by atoms with van der Waals surface area (Å²) in [5.74, 6) is -1.49. The fourth-order valence-electron chi connectivity index (χ4n) is 3.33. The first-order valence-corrected chi connectivity index (χ1v) is 10.5. The molecule has 3 heteroatoms. The molecule has 0 aliphatic rings. The minimum Gasteiger partial charge on any atom is -0.550 e. The second-order valence-corrected chi connectivity index (χ2v) is 7.49. The number of aliphatic hydroxyl groups excluding tert-OH is 1. The van der Waals surface area contributed by atoms with Gasteiger partial charge in [0.15, 0.2) is 0 Å². The van der Waals surface area contributed by atoms with Gasteiger partial charge in [-0.3, -0.25) is 0 Å². The normalized spacial score (nSPS) is 13.8. The van der Waals surface area contributed by atoms with Gasteiger partial charge in [-0.05, 0) is 19.8 Å². The minimum atomic E-state index is -1.01. The number of aliphatic carboxylic acids is 1. The summed E-state index contributed by atoms with van der Waals surface area (Å²) < 4.78 is 0. The summed E-state index contributed by atoms with van der Waals surface area (Å²) in [6.07, 6.45) is 18.7. The van der Waals surface area contributed by atoms with Crippen LogP contribution in [0.25, 0.3) is 0 Å². The molecule has 0 radical (unpaired) electrons. The van der Waals surface area contributed by atoms with Gasteiger partial charge in [-0.25, -0.2) is 0 Å². The molecule has 2 unspecified atom stereocenters. The van der Waals surface area contributed by atoms with Crippen LogP contribution in [0.5, 0.6) is 0 Å². The Hall–Kier alpha value is -0.570. The molecule has 24 heavy (non-hydrogen) atoms. The van der Waals surface area contributed by atoms with Gasteiger partial charge >= 0.3 is 0 Å². The monoisotopic (exact) mass is 341 g/mol. The Morgan fingerprint density at radius 3 is 1.50 bits per heavy atom. The summed E-state index contributed by atoms with van der Waals surface area (Å²) in [7, 11) is 0. The molecule has 1 N–H and O–H groups in total. The number of rotatable bonds is 18. The molecule has 0 spiro atoms. The Bertz CT molecular complexity index is 276. The molecule has 144 valence electrons. The van der Waals surface area contributed by atoms with Gasteiger partial charge in [-0.15, -0.1) is 0 Å². The highest BCUT2D eigenvalue weighted by Crippen LogP contribution is 2.17. The van der Waals surface area contributed by atoms with Gasteiger partial charge in [0.05, 0.1) is 6.10 Å². The van der Waals surface area contributed by atoms with Crippen LogP contribution >= 0.6 is 0 Å². The zero-order valence-corrected chi connectivity index (χ0v) is 16.2. The Balaban J connectivity index is 3.28. The summed E-state index contributed by atoms with van der Waals surface area (Å²) in [6.45, 7) is 3.90. The summed E-state index contributed by atoms with van der Waals surface area (Å²) in [4.78, 5) is 11.0. The summed E-state index contributed by atoms with van der Waals surface area (Å²) in [5.41, 5.74) is 0. The average molecular weight is 342 g/mol. The zero-order valence-electron chi connectivity index (χ0n) is 16.2. The van der Waals surface area contributed by atoms with E-state index in [0.717, 1.165) is 12.8 Å². The van der Waals surface area contributed by atoms with Crippen molar-refractivity contribution in [1.29, 1.82) is 0 Å². The van der Waals surface area contributed by atoms with Crippen molar-refractivity contribution >= 4 is 5.97 Å². The zero-order chi connectivity index (χ0) is 18.0. The Kier molecular flexibility index (Phi) is 16.8. The molecule has 0 fully saturated rings. The first-order chi connectivity index (χ1) is 11.6. The largest absolute Gasteiger partial charge is 0.550 e. The molecular weight excluding hydrogens is 300 g/mol. The maximum absolute atomic E-state index is 11.0. The van der Waals surface area contributed by atoms with E-state index < -0.39 is 18.0 Å². The van der Waals surface area contributed by atoms with E-state index in [1.54, 1.807) is 6.92 Å². The molecule has 3 nitrogen and oxygen atoms in total. The fraction of sp³-hybridized carbons (Fsp3) is 0.952. The van der Waals surface area contributed by atoms with Crippen molar-refractivity contribution in [3.05, 3.63) is 0 Å². The molecule has 2 atom stereocenters. The van der Waals surface area contributed by atoms with E-state index in [4.69, 9.17) is 0 Å². The molecular formula is C21H41O3-. The summed E-state index contributed by atoms with van der Waals surface area (Å²) in [6, 6.07) is 0. The predicted molar refractivity (Wildman–Crippen MR) is 99.7 cm³/mol. The quantitative estimate of drug-likeness (QED) is 0.357. The maximum atomic E-state index is 11.0. The molecule has 0 heterocycles. The molecule has 0 bridgehead atoms. The number of carbonyl (C=O) groups is 1. The highest BCUT2D eigenvalue weighted by Gasteiger charge is 2.12. The third-order valence-corrected chi connectivity index (χ3v) is 4.87. The third kappa shape index (κ3) is 16.3. The number of hydrogen-bond donors (Lipinski definition) is 1. The lowest BCUT2D eigenvalue weighted by Crippen LogP contribution is -2.33. The highest BCUT2D eigenvalue weighted by atomic mass is 16.4. The van der Waals surface area contributed by atoms with Crippen LogP contribution in [0.3, 0.4) is 0 Å². The van der Waals surface area contributed by atoms with E-state index in [9.17, 15) is 15.0 Å². The van der Waals surface area contributed by atoms with Crippen molar-refractivity contribution < 1.29 is 15.0 Å². The standard InChI is InChI=1S/C21H42O3/c1-3-4-5-6-7-8-9-10-11-12-13-14-15-16-17-20(21(23)24)18-19(2)22/h19-20,22H,3-18H2,1-2H3,(H,23,24)/p-1. The van der Waals surface area contributed by atoms with Gasteiger partial charge in [0.2, 0.25) is 0 Å². The molecule has 0 aromatic rings. The molecule has 0 aromatic carbocycles. The van der Waals surface area contributed by atoms with Gasteiger partial charge < -0.3 is 15.0 Å². The molecule has 0 aromatic heterocycles. The van der Waals surface area contributed by atoms with Crippen LogP contribution in [-0.4, -0.2) is 17.2 Å². The van der Waals surface area contributed by atoms with Gasteiger partial charge in [0.1, 0.15) is 0 Å². The summed E-state index contributed by atoms with van der Waals surface area (Å²) >= 11 is 0. The lowest BCUT2D eigenvalue weighted by atomic mass is 9.95. The van der Waals surface area contributed by atoms with E-state index >= 15 is 0 Å². The molecule has 0 amide bonds. The number of hydrogen-bond acceptors (Lipinski definition) is 3. The van der Waals surface area contributed by atoms with Crippen LogP contribution < -0.4 is 5.11 Å². The van der Waals surface area contributed by atoms with Gasteiger partial charge in [-0.1, -0.05) is 96.8 Å². The number of carboxylic acid groups (broad SMARTS) is 1. The van der Waals surface area contributed by atoms with E-state index in [0.29, 0.717) is 12.8 Å². The fourth-order valence-corrected chi connectivity index (χ4v) is 3.33. The Labute approximate surface area is 150 Å². The Morgan fingerprint density at radius 1 is 0.792 bits per heavy atom. The van der Waals surface area contributed by atoms with Crippen molar-refractivity contribution in [1.82, 2.24) is 0 Å². The second kappa shape index (κ2) is 17.3. The van der Waals surface area contributed by atoms with Crippen molar-refractivity contribution in [3.63, 3.8) is 0 Å². The lowest BCUT2D eigenvalue weighted by molar-refractivity contribution is -0.312. The summed E-state index contributed by atoms with van der Waals surface area (Å²) in [5, 5.41) is 20.3. The first-order valence-electron chi connectivity index (χ1n) is 10.5. The van der Waals surface area contributed by atoms with Gasteiger partial charge in [-0.2, -0.15) is 0 Å². The number of carbonyl (C=O) groups excluding carboxylic acids is 1. The van der Waals surface area contributed by atoms with Gasteiger partial charge in [0.25, 0.3) is 0 Å². The second-order valence-electron chi connectivity index (χ2n) is 7.49. The van der Waals surface area contributed by atoms with Crippen LogP contribution in [0.1, 0.15) is 117 Å². The number of unbranched alkanes of at least 4 members (excludes halogenated alkanes) is 13. The van der Waals surface area contributed by atoms with E-state index in [1.807, 2.05) is 0 Å². The number of aliphatic hydroxyl groups is 1. The number of carboxylic acids is 1. The third-order valence-electron chi connectivity index (χ3n) is 4.87. The topological polar surface area (TPSA) is 60.4 Å². The molecule has 0 saturated heterocycles. The minimum absolute atomic E-state index is 0.320. The molecule has 0 aliphatic carbocycles. The Morgan fingerprint density at radius 2 is 1.17 bits per heavy atom. The highest BCUT2D eigenvalue weighted by molar-refractivity contribution is 5.67. The van der Waals surface area contributed by atoms with E-state index in [1.165, 1.54) is 77.0 Å². The molecule has 0 rings (SSSR count). The molecule has 0 saturated carbocycles. The van der Waals surface area contributed by atoms with Crippen LogP contribution in [0.15, 0.2) is 0 Å². The van der Waals surface area contributed by atoms with Crippen molar-refractivity contribution in [2.45, 2.75) is 123 Å². The van der Waals surface area contributed by atoms with Crippen LogP contribution in [-0.2, 0) is 4.79 Å². The van der Waals surface area contributed by atoms with Crippen LogP contribution in [0.2, 0.25) is 0 Å². The SMILES string of the molecule is CCCCCCCCCCCCCCCCC(CC(C)O)C(=O)[O-]. The van der Waals surface area contributed by atoms with E-state index in [2.05, 4.69) is 6.92 Å².